The summed E-state index contributed by atoms with van der Waals surface area (Å²) in [5.74, 6) is 2.99. The van der Waals surface area contributed by atoms with Crippen LogP contribution in [0.15, 0.2) is 34.8 Å². The first-order chi connectivity index (χ1) is 9.93. The molecule has 0 aliphatic carbocycles. The zero-order valence-electron chi connectivity index (χ0n) is 10.6. The Kier molecular flexibility index (Phi) is 5.27. The summed E-state index contributed by atoms with van der Waals surface area (Å²) in [5.41, 5.74) is 3.23. The van der Waals surface area contributed by atoms with Crippen molar-refractivity contribution in [2.75, 3.05) is 0 Å². The second-order valence-corrected chi connectivity index (χ2v) is 5.65. The topological polar surface area (TPSA) is 38.0 Å². The van der Waals surface area contributed by atoms with Gasteiger partial charge < -0.3 is 0 Å². The molecule has 1 atom stereocenters. The van der Waals surface area contributed by atoms with Crippen molar-refractivity contribution in [2.45, 2.75) is 12.5 Å². The number of nitrogens with two attached hydrogens (primary N) is 1. The van der Waals surface area contributed by atoms with Crippen LogP contribution in [-0.4, -0.2) is 0 Å². The first-order valence-corrected chi connectivity index (χ1v) is 7.14. The fourth-order valence-corrected chi connectivity index (χ4v) is 2.73. The van der Waals surface area contributed by atoms with Crippen molar-refractivity contribution in [1.82, 2.24) is 5.43 Å². The highest BCUT2D eigenvalue weighted by molar-refractivity contribution is 9.10. The van der Waals surface area contributed by atoms with Crippen molar-refractivity contribution in [3.8, 4) is 0 Å². The largest absolute Gasteiger partial charge is 0.271 e. The maximum atomic E-state index is 13.8. The smallest absolute Gasteiger partial charge is 0.173 e. The molecule has 0 aliphatic rings. The van der Waals surface area contributed by atoms with Gasteiger partial charge in [-0.25, -0.2) is 13.2 Å². The number of benzene rings is 2. The van der Waals surface area contributed by atoms with E-state index >= 15 is 0 Å². The van der Waals surface area contributed by atoms with Crippen LogP contribution in [0.5, 0.6) is 0 Å². The summed E-state index contributed by atoms with van der Waals surface area (Å²) < 4.78 is 40.5. The molecule has 0 saturated carbocycles. The van der Waals surface area contributed by atoms with E-state index < -0.39 is 23.5 Å². The van der Waals surface area contributed by atoms with E-state index in [-0.39, 0.29) is 15.9 Å². The summed E-state index contributed by atoms with van der Waals surface area (Å²) in [4.78, 5) is 0. The lowest BCUT2D eigenvalue weighted by Crippen LogP contribution is -2.30. The Hall–Kier alpha value is -1.08. The van der Waals surface area contributed by atoms with Gasteiger partial charge in [-0.05, 0) is 51.7 Å². The van der Waals surface area contributed by atoms with Gasteiger partial charge in [0.15, 0.2) is 11.6 Å². The quantitative estimate of drug-likeness (QED) is 0.473. The highest BCUT2D eigenvalue weighted by Gasteiger charge is 2.20. The van der Waals surface area contributed by atoms with Gasteiger partial charge in [0.1, 0.15) is 5.82 Å². The molecular weight excluding hydrogens is 369 g/mol. The SMILES string of the molecule is NNC(Cc1ccc(Cl)cc1F)c1ccc(F)c(F)c1Br. The van der Waals surface area contributed by atoms with Crippen molar-refractivity contribution < 1.29 is 13.2 Å². The third-order valence-electron chi connectivity index (χ3n) is 3.08. The molecule has 0 heterocycles. The predicted molar refractivity (Wildman–Crippen MR) is 79.2 cm³/mol. The monoisotopic (exact) mass is 378 g/mol. The Morgan fingerprint density at radius 1 is 1.14 bits per heavy atom. The van der Waals surface area contributed by atoms with Crippen LogP contribution in [0, 0.1) is 17.5 Å². The number of rotatable bonds is 4. The van der Waals surface area contributed by atoms with Gasteiger partial charge in [0.25, 0.3) is 0 Å². The summed E-state index contributed by atoms with van der Waals surface area (Å²) in [6.45, 7) is 0. The van der Waals surface area contributed by atoms with Crippen LogP contribution < -0.4 is 11.3 Å². The highest BCUT2D eigenvalue weighted by Crippen LogP contribution is 2.30. The summed E-state index contributed by atoms with van der Waals surface area (Å²) in [6.07, 6.45) is 0.156. The zero-order chi connectivity index (χ0) is 15.6. The third-order valence-corrected chi connectivity index (χ3v) is 4.12. The maximum absolute atomic E-state index is 13.8. The lowest BCUT2D eigenvalue weighted by molar-refractivity contribution is 0.488. The van der Waals surface area contributed by atoms with Crippen molar-refractivity contribution in [1.29, 1.82) is 0 Å². The van der Waals surface area contributed by atoms with Gasteiger partial charge >= 0.3 is 0 Å². The number of hydrazine groups is 1. The molecule has 0 bridgehead atoms. The minimum Gasteiger partial charge on any atom is -0.271 e. The fourth-order valence-electron chi connectivity index (χ4n) is 1.98. The molecule has 7 heteroatoms. The second-order valence-electron chi connectivity index (χ2n) is 4.42. The van der Waals surface area contributed by atoms with Crippen LogP contribution in [0.2, 0.25) is 5.02 Å². The van der Waals surface area contributed by atoms with Gasteiger partial charge in [-0.2, -0.15) is 0 Å². The molecule has 0 saturated heterocycles. The number of hydrogen-bond donors (Lipinski definition) is 2. The maximum Gasteiger partial charge on any atom is 0.173 e. The number of nitrogens with one attached hydrogen (secondary N) is 1. The Labute approximate surface area is 133 Å². The van der Waals surface area contributed by atoms with Crippen LogP contribution >= 0.6 is 27.5 Å². The molecule has 2 aromatic rings. The van der Waals surface area contributed by atoms with Crippen molar-refractivity contribution in [2.24, 2.45) is 5.84 Å². The van der Waals surface area contributed by atoms with Gasteiger partial charge in [-0.15, -0.1) is 0 Å². The average Bonchev–Trinajstić information content (AvgIpc) is 2.45. The minimum absolute atomic E-state index is 0.0418. The minimum atomic E-state index is -1.01. The summed E-state index contributed by atoms with van der Waals surface area (Å²) in [6, 6.07) is 6.05. The van der Waals surface area contributed by atoms with Crippen LogP contribution in [0.3, 0.4) is 0 Å². The molecule has 2 rings (SSSR count). The molecule has 21 heavy (non-hydrogen) atoms. The van der Waals surface area contributed by atoms with Crippen LogP contribution in [0.4, 0.5) is 13.2 Å². The van der Waals surface area contributed by atoms with E-state index in [1.54, 1.807) is 6.07 Å². The molecule has 2 aromatic carbocycles. The van der Waals surface area contributed by atoms with Gasteiger partial charge in [0.05, 0.1) is 10.5 Å². The van der Waals surface area contributed by atoms with E-state index in [1.165, 1.54) is 18.2 Å². The predicted octanol–water partition coefficient (Wildman–Crippen LogP) is 4.27. The van der Waals surface area contributed by atoms with E-state index in [4.69, 9.17) is 17.4 Å². The van der Waals surface area contributed by atoms with Crippen LogP contribution in [-0.2, 0) is 6.42 Å². The third kappa shape index (κ3) is 3.58. The lowest BCUT2D eigenvalue weighted by atomic mass is 9.99. The summed E-state index contributed by atoms with van der Waals surface area (Å²) >= 11 is 8.68. The zero-order valence-corrected chi connectivity index (χ0v) is 13.0. The number of hydrogen-bond acceptors (Lipinski definition) is 2. The molecule has 2 nitrogen and oxygen atoms in total. The molecule has 112 valence electrons. The first-order valence-electron chi connectivity index (χ1n) is 5.97. The molecule has 1 unspecified atom stereocenters. The van der Waals surface area contributed by atoms with E-state index in [2.05, 4.69) is 21.4 Å². The van der Waals surface area contributed by atoms with E-state index in [0.29, 0.717) is 11.1 Å². The number of halogens is 5. The van der Waals surface area contributed by atoms with Gasteiger partial charge in [0.2, 0.25) is 0 Å². The highest BCUT2D eigenvalue weighted by atomic mass is 79.9. The standard InChI is InChI=1S/C14H11BrClF3N2/c15-13-9(3-4-10(17)14(13)19)12(21-20)5-7-1-2-8(16)6-11(7)18/h1-4,6,12,21H,5,20H2. The first kappa shape index (κ1) is 16.3. The molecular formula is C14H11BrClF3N2. The van der Waals surface area contributed by atoms with Crippen molar-refractivity contribution in [3.63, 3.8) is 0 Å². The lowest BCUT2D eigenvalue weighted by Gasteiger charge is -2.19. The van der Waals surface area contributed by atoms with E-state index in [1.807, 2.05) is 0 Å². The Bertz CT molecular complexity index is 667. The molecule has 0 spiro atoms. The molecule has 0 fully saturated rings. The van der Waals surface area contributed by atoms with Crippen molar-refractivity contribution in [3.05, 3.63) is 68.4 Å². The fraction of sp³-hybridized carbons (Fsp3) is 0.143. The van der Waals surface area contributed by atoms with Crippen LogP contribution in [0.1, 0.15) is 17.2 Å². The van der Waals surface area contributed by atoms with Gasteiger partial charge in [-0.1, -0.05) is 23.7 Å². The van der Waals surface area contributed by atoms with E-state index in [0.717, 1.165) is 6.07 Å². The van der Waals surface area contributed by atoms with Crippen LogP contribution in [0.25, 0.3) is 0 Å². The Morgan fingerprint density at radius 2 is 1.86 bits per heavy atom. The summed E-state index contributed by atoms with van der Waals surface area (Å²) in [5, 5.41) is 0.280. The normalized spacial score (nSPS) is 12.5. The van der Waals surface area contributed by atoms with Gasteiger partial charge in [-0.3, -0.25) is 11.3 Å². The second kappa shape index (κ2) is 6.79. The molecule has 0 aromatic heterocycles. The summed E-state index contributed by atoms with van der Waals surface area (Å²) in [7, 11) is 0. The Balaban J connectivity index is 2.34. The van der Waals surface area contributed by atoms with Crippen molar-refractivity contribution >= 4 is 27.5 Å². The molecule has 0 radical (unpaired) electrons. The average molecular weight is 380 g/mol. The Morgan fingerprint density at radius 3 is 2.48 bits per heavy atom. The van der Waals surface area contributed by atoms with E-state index in [9.17, 15) is 13.2 Å². The molecule has 0 aliphatic heterocycles. The molecule has 0 amide bonds. The molecule has 3 N–H and O–H groups in total. The van der Waals surface area contributed by atoms with Gasteiger partial charge in [0, 0.05) is 5.02 Å².